The van der Waals surface area contributed by atoms with E-state index < -0.39 is 0 Å². The third kappa shape index (κ3) is 3.71. The number of ether oxygens (including phenoxy) is 2. The largest absolute Gasteiger partial charge is 0.496 e. The summed E-state index contributed by atoms with van der Waals surface area (Å²) in [5.41, 5.74) is 1.46. The van der Waals surface area contributed by atoms with E-state index in [1.807, 2.05) is 31.2 Å². The molecule has 122 valence electrons. The van der Waals surface area contributed by atoms with Crippen molar-refractivity contribution in [2.24, 2.45) is 0 Å². The number of rotatable bonds is 5. The van der Waals surface area contributed by atoms with E-state index in [1.54, 1.807) is 37.4 Å². The summed E-state index contributed by atoms with van der Waals surface area (Å²) in [6.07, 6.45) is 1.61. The molecule has 0 radical (unpaired) electrons. The van der Waals surface area contributed by atoms with Gasteiger partial charge in [0.1, 0.15) is 11.4 Å². The fourth-order valence-electron chi connectivity index (χ4n) is 2.25. The van der Waals surface area contributed by atoms with Crippen LogP contribution >= 0.6 is 0 Å². The van der Waals surface area contributed by atoms with Gasteiger partial charge in [0.2, 0.25) is 5.88 Å². The van der Waals surface area contributed by atoms with Crippen LogP contribution in [0.3, 0.4) is 0 Å². The molecule has 0 bridgehead atoms. The molecule has 0 aliphatic carbocycles. The van der Waals surface area contributed by atoms with Crippen molar-refractivity contribution < 1.29 is 14.3 Å². The van der Waals surface area contributed by atoms with E-state index in [9.17, 15) is 4.79 Å². The quantitative estimate of drug-likeness (QED) is 0.919. The molecule has 6 nitrogen and oxygen atoms in total. The van der Waals surface area contributed by atoms with Gasteiger partial charge in [-0.05, 0) is 25.1 Å². The fourth-order valence-corrected chi connectivity index (χ4v) is 2.25. The van der Waals surface area contributed by atoms with E-state index in [-0.39, 0.29) is 12.1 Å². The van der Waals surface area contributed by atoms with Crippen LogP contribution in [-0.4, -0.2) is 37.2 Å². The van der Waals surface area contributed by atoms with Crippen LogP contribution in [-0.2, 0) is 0 Å². The molecule has 0 saturated heterocycles. The summed E-state index contributed by atoms with van der Waals surface area (Å²) in [5, 5.41) is 2.81. The van der Waals surface area contributed by atoms with E-state index in [0.717, 1.165) is 11.3 Å². The molecule has 2 rings (SSSR count). The Kier molecular flexibility index (Phi) is 5.41. The van der Waals surface area contributed by atoms with Crippen LogP contribution < -0.4 is 14.8 Å². The maximum absolute atomic E-state index is 12.5. The van der Waals surface area contributed by atoms with Gasteiger partial charge in [-0.3, -0.25) is 0 Å². The van der Waals surface area contributed by atoms with Gasteiger partial charge < -0.3 is 19.7 Å². The third-order valence-corrected chi connectivity index (χ3v) is 3.70. The van der Waals surface area contributed by atoms with Crippen LogP contribution in [0.2, 0.25) is 0 Å². The number of aromatic nitrogens is 1. The van der Waals surface area contributed by atoms with Crippen molar-refractivity contribution in [2.45, 2.75) is 13.0 Å². The highest BCUT2D eigenvalue weighted by molar-refractivity contribution is 5.90. The molecule has 1 aromatic carbocycles. The number of pyridine rings is 1. The smallest absolute Gasteiger partial charge is 0.322 e. The van der Waals surface area contributed by atoms with E-state index >= 15 is 0 Å². The Morgan fingerprint density at radius 2 is 1.91 bits per heavy atom. The second kappa shape index (κ2) is 7.49. The Morgan fingerprint density at radius 1 is 1.17 bits per heavy atom. The molecule has 0 fully saturated rings. The van der Waals surface area contributed by atoms with Crippen molar-refractivity contribution in [3.05, 3.63) is 48.2 Å². The standard InChI is InChI=1S/C17H21N3O3/c1-12(13-8-5-6-10-15(13)22-3)20(2)17(21)19-14-9-7-11-18-16(14)23-4/h5-12H,1-4H3,(H,19,21). The van der Waals surface area contributed by atoms with E-state index in [2.05, 4.69) is 10.3 Å². The summed E-state index contributed by atoms with van der Waals surface area (Å²) in [6.45, 7) is 1.94. The zero-order valence-electron chi connectivity index (χ0n) is 13.7. The summed E-state index contributed by atoms with van der Waals surface area (Å²) < 4.78 is 10.5. The highest BCUT2D eigenvalue weighted by Gasteiger charge is 2.21. The van der Waals surface area contributed by atoms with Gasteiger partial charge in [0.15, 0.2) is 0 Å². The van der Waals surface area contributed by atoms with Gasteiger partial charge in [-0.15, -0.1) is 0 Å². The second-order valence-electron chi connectivity index (χ2n) is 5.02. The number of carbonyl (C=O) groups is 1. The van der Waals surface area contributed by atoms with Crippen molar-refractivity contribution in [2.75, 3.05) is 26.6 Å². The van der Waals surface area contributed by atoms with E-state index in [0.29, 0.717) is 11.6 Å². The summed E-state index contributed by atoms with van der Waals surface area (Å²) in [5.74, 6) is 1.12. The first-order valence-electron chi connectivity index (χ1n) is 7.24. The molecule has 1 N–H and O–H groups in total. The van der Waals surface area contributed by atoms with Crippen LogP contribution in [0.15, 0.2) is 42.6 Å². The lowest BCUT2D eigenvalue weighted by molar-refractivity contribution is 0.207. The minimum Gasteiger partial charge on any atom is -0.496 e. The van der Waals surface area contributed by atoms with Crippen LogP contribution in [0.4, 0.5) is 10.5 Å². The summed E-state index contributed by atoms with van der Waals surface area (Å²) in [4.78, 5) is 18.2. The molecule has 0 saturated carbocycles. The van der Waals surface area contributed by atoms with Crippen LogP contribution in [0.5, 0.6) is 11.6 Å². The molecule has 0 aliphatic rings. The first-order valence-corrected chi connectivity index (χ1v) is 7.24. The lowest BCUT2D eigenvalue weighted by Gasteiger charge is -2.27. The number of carbonyl (C=O) groups excluding carboxylic acids is 1. The van der Waals surface area contributed by atoms with Crippen molar-refractivity contribution in [3.8, 4) is 11.6 Å². The minimum atomic E-state index is -0.255. The number of nitrogens with one attached hydrogen (secondary N) is 1. The van der Waals surface area contributed by atoms with Crippen LogP contribution in [0.25, 0.3) is 0 Å². The summed E-state index contributed by atoms with van der Waals surface area (Å²) in [7, 11) is 4.86. The molecule has 1 heterocycles. The number of hydrogen-bond acceptors (Lipinski definition) is 4. The number of amides is 2. The molecule has 2 aromatic rings. The topological polar surface area (TPSA) is 63.7 Å². The molecule has 0 spiro atoms. The number of benzene rings is 1. The monoisotopic (exact) mass is 315 g/mol. The summed E-state index contributed by atoms with van der Waals surface area (Å²) >= 11 is 0. The summed E-state index contributed by atoms with van der Waals surface area (Å²) in [6, 6.07) is 10.7. The number of nitrogens with zero attached hydrogens (tertiary/aromatic N) is 2. The van der Waals surface area contributed by atoms with Crippen molar-refractivity contribution in [1.82, 2.24) is 9.88 Å². The number of para-hydroxylation sites is 1. The number of methoxy groups -OCH3 is 2. The van der Waals surface area contributed by atoms with Crippen molar-refractivity contribution in [1.29, 1.82) is 0 Å². The zero-order valence-corrected chi connectivity index (χ0v) is 13.7. The van der Waals surface area contributed by atoms with Gasteiger partial charge in [-0.25, -0.2) is 9.78 Å². The number of hydrogen-bond donors (Lipinski definition) is 1. The lowest BCUT2D eigenvalue weighted by atomic mass is 10.1. The average molecular weight is 315 g/mol. The van der Waals surface area contributed by atoms with Gasteiger partial charge in [0.05, 0.1) is 20.3 Å². The first-order chi connectivity index (χ1) is 11.1. The molecule has 1 aromatic heterocycles. The van der Waals surface area contributed by atoms with Crippen LogP contribution in [0.1, 0.15) is 18.5 Å². The molecular weight excluding hydrogens is 294 g/mol. The minimum absolute atomic E-state index is 0.159. The van der Waals surface area contributed by atoms with Gasteiger partial charge in [-0.1, -0.05) is 18.2 Å². The molecule has 1 atom stereocenters. The highest BCUT2D eigenvalue weighted by atomic mass is 16.5. The van der Waals surface area contributed by atoms with Gasteiger partial charge in [-0.2, -0.15) is 0 Å². The molecule has 2 amide bonds. The zero-order chi connectivity index (χ0) is 16.8. The number of urea groups is 1. The Bertz CT molecular complexity index is 676. The maximum atomic E-state index is 12.5. The lowest BCUT2D eigenvalue weighted by Crippen LogP contribution is -2.33. The SMILES string of the molecule is COc1ccccc1C(C)N(C)C(=O)Nc1cccnc1OC. The van der Waals surface area contributed by atoms with Gasteiger partial charge in [0, 0.05) is 18.8 Å². The molecule has 0 aliphatic heterocycles. The van der Waals surface area contributed by atoms with Crippen molar-refractivity contribution in [3.63, 3.8) is 0 Å². The van der Waals surface area contributed by atoms with Crippen molar-refractivity contribution >= 4 is 11.7 Å². The Labute approximate surface area is 136 Å². The normalized spacial score (nSPS) is 11.5. The molecule has 6 heteroatoms. The predicted molar refractivity (Wildman–Crippen MR) is 89.0 cm³/mol. The maximum Gasteiger partial charge on any atom is 0.322 e. The van der Waals surface area contributed by atoms with Crippen LogP contribution in [0, 0.1) is 0 Å². The van der Waals surface area contributed by atoms with E-state index in [1.165, 1.54) is 7.11 Å². The van der Waals surface area contributed by atoms with Gasteiger partial charge in [0.25, 0.3) is 0 Å². The molecule has 23 heavy (non-hydrogen) atoms. The Hall–Kier alpha value is -2.76. The second-order valence-corrected chi connectivity index (χ2v) is 5.02. The predicted octanol–water partition coefficient (Wildman–Crippen LogP) is 3.32. The first kappa shape index (κ1) is 16.6. The molecule has 1 unspecified atom stereocenters. The van der Waals surface area contributed by atoms with E-state index in [4.69, 9.17) is 9.47 Å². The average Bonchev–Trinajstić information content (AvgIpc) is 2.60. The third-order valence-electron chi connectivity index (χ3n) is 3.70. The molecular formula is C17H21N3O3. The number of anilines is 1. The van der Waals surface area contributed by atoms with Gasteiger partial charge >= 0.3 is 6.03 Å². The Morgan fingerprint density at radius 3 is 2.61 bits per heavy atom. The fraction of sp³-hybridized carbons (Fsp3) is 0.294. The Balaban J connectivity index is 2.16. The highest BCUT2D eigenvalue weighted by Crippen LogP contribution is 2.29.